The lowest BCUT2D eigenvalue weighted by Gasteiger charge is -2.16. The van der Waals surface area contributed by atoms with Crippen molar-refractivity contribution in [1.82, 2.24) is 9.55 Å². The number of imide groups is 1. The number of rotatable bonds is 3. The van der Waals surface area contributed by atoms with Gasteiger partial charge in [0, 0.05) is 25.1 Å². The van der Waals surface area contributed by atoms with Crippen molar-refractivity contribution in [2.45, 2.75) is 0 Å². The Kier molecular flexibility index (Phi) is 4.20. The van der Waals surface area contributed by atoms with E-state index in [1.165, 1.54) is 36.5 Å². The number of benzene rings is 2. The molecule has 0 spiro atoms. The summed E-state index contributed by atoms with van der Waals surface area (Å²) in [7, 11) is 1.68. The number of nitrogens with zero attached hydrogens (tertiary/aromatic N) is 3. The number of amides is 3. The number of carbonyl (C=O) groups excluding carboxylic acids is 3. The Morgan fingerprint density at radius 2 is 1.96 bits per heavy atom. The highest BCUT2D eigenvalue weighted by atomic mass is 35.5. The molecular formula is C19H12ClFN4O3. The topological polar surface area (TPSA) is 84.3 Å². The predicted octanol–water partition coefficient (Wildman–Crippen LogP) is 3.27. The zero-order chi connectivity index (χ0) is 20.0. The van der Waals surface area contributed by atoms with Crippen LogP contribution in [-0.4, -0.2) is 27.3 Å². The van der Waals surface area contributed by atoms with Gasteiger partial charge in [-0.15, -0.1) is 0 Å². The van der Waals surface area contributed by atoms with Crippen molar-refractivity contribution in [2.24, 2.45) is 7.05 Å². The Hall–Kier alpha value is -3.52. The molecule has 4 rings (SSSR count). The second kappa shape index (κ2) is 6.58. The van der Waals surface area contributed by atoms with E-state index in [0.29, 0.717) is 5.69 Å². The molecule has 3 amide bonds. The molecule has 0 atom stereocenters. The van der Waals surface area contributed by atoms with Crippen LogP contribution in [0.1, 0.15) is 31.3 Å². The van der Waals surface area contributed by atoms with Crippen LogP contribution in [0.5, 0.6) is 0 Å². The van der Waals surface area contributed by atoms with Crippen LogP contribution in [0.25, 0.3) is 0 Å². The van der Waals surface area contributed by atoms with Gasteiger partial charge in [0.05, 0.1) is 21.8 Å². The largest absolute Gasteiger partial charge is 0.330 e. The van der Waals surface area contributed by atoms with Crippen LogP contribution >= 0.6 is 11.6 Å². The summed E-state index contributed by atoms with van der Waals surface area (Å²) in [5, 5.41) is 2.69. The van der Waals surface area contributed by atoms with E-state index in [0.717, 1.165) is 11.0 Å². The van der Waals surface area contributed by atoms with Crippen LogP contribution in [0.15, 0.2) is 48.8 Å². The number of anilines is 2. The standard InChI is InChI=1S/C19H12ClFN4O3/c1-24-8-7-22-16(24)17(26)23-10-5-6-14(12(20)9-10)25-18(27)11-3-2-4-13(21)15(11)19(25)28/h2-9H,1H3,(H,23,26). The van der Waals surface area contributed by atoms with Gasteiger partial charge in [0.2, 0.25) is 0 Å². The number of aryl methyl sites for hydroxylation is 1. The number of nitrogens with one attached hydrogen (secondary N) is 1. The number of carbonyl (C=O) groups is 3. The van der Waals surface area contributed by atoms with Crippen LogP contribution in [0.3, 0.4) is 0 Å². The van der Waals surface area contributed by atoms with Crippen molar-refractivity contribution in [3.8, 4) is 0 Å². The average Bonchev–Trinajstić information content (AvgIpc) is 3.18. The third-order valence-corrected chi connectivity index (χ3v) is 4.64. The van der Waals surface area contributed by atoms with Crippen LogP contribution in [-0.2, 0) is 7.05 Å². The van der Waals surface area contributed by atoms with Crippen LogP contribution in [0.2, 0.25) is 5.02 Å². The van der Waals surface area contributed by atoms with E-state index >= 15 is 0 Å². The molecule has 2 heterocycles. The van der Waals surface area contributed by atoms with Crippen LogP contribution in [0.4, 0.5) is 15.8 Å². The minimum absolute atomic E-state index is 0.0202. The third kappa shape index (κ3) is 2.74. The number of aromatic nitrogens is 2. The normalized spacial score (nSPS) is 13.0. The minimum Gasteiger partial charge on any atom is -0.330 e. The van der Waals surface area contributed by atoms with E-state index in [1.54, 1.807) is 17.8 Å². The molecule has 28 heavy (non-hydrogen) atoms. The fraction of sp³-hybridized carbons (Fsp3) is 0.0526. The summed E-state index contributed by atoms with van der Waals surface area (Å²) in [5.41, 5.74) is 0.149. The van der Waals surface area contributed by atoms with Gasteiger partial charge in [-0.25, -0.2) is 14.3 Å². The third-order valence-electron chi connectivity index (χ3n) is 4.33. The van der Waals surface area contributed by atoms with Gasteiger partial charge in [0.1, 0.15) is 5.82 Å². The molecular weight excluding hydrogens is 387 g/mol. The number of imidazole rings is 1. The quantitative estimate of drug-likeness (QED) is 0.686. The predicted molar refractivity (Wildman–Crippen MR) is 100 cm³/mol. The molecule has 9 heteroatoms. The highest BCUT2D eigenvalue weighted by Crippen LogP contribution is 2.35. The number of fused-ring (bicyclic) bond motifs is 1. The Bertz CT molecular complexity index is 1160. The van der Waals surface area contributed by atoms with Crippen molar-refractivity contribution in [3.63, 3.8) is 0 Å². The maximum atomic E-state index is 14.0. The monoisotopic (exact) mass is 398 g/mol. The summed E-state index contributed by atoms with van der Waals surface area (Å²) in [4.78, 5) is 42.1. The van der Waals surface area contributed by atoms with Crippen molar-refractivity contribution >= 4 is 40.7 Å². The second-order valence-corrected chi connectivity index (χ2v) is 6.50. The van der Waals surface area contributed by atoms with Crippen molar-refractivity contribution in [1.29, 1.82) is 0 Å². The number of hydrogen-bond acceptors (Lipinski definition) is 4. The molecule has 1 aliphatic heterocycles. The first-order valence-corrected chi connectivity index (χ1v) is 8.52. The highest BCUT2D eigenvalue weighted by molar-refractivity contribution is 6.40. The molecule has 0 saturated carbocycles. The molecule has 1 N–H and O–H groups in total. The van der Waals surface area contributed by atoms with Gasteiger partial charge < -0.3 is 9.88 Å². The summed E-state index contributed by atoms with van der Waals surface area (Å²) in [6.07, 6.45) is 3.12. The summed E-state index contributed by atoms with van der Waals surface area (Å²) in [6.45, 7) is 0. The van der Waals surface area contributed by atoms with Crippen LogP contribution in [0, 0.1) is 5.82 Å². The number of halogens is 2. The molecule has 1 aromatic heterocycles. The SMILES string of the molecule is Cn1ccnc1C(=O)Nc1ccc(N2C(=O)c3cccc(F)c3C2=O)c(Cl)c1. The second-order valence-electron chi connectivity index (χ2n) is 6.09. The van der Waals surface area contributed by atoms with Crippen molar-refractivity contribution in [3.05, 3.63) is 76.6 Å². The molecule has 7 nitrogen and oxygen atoms in total. The van der Waals surface area contributed by atoms with Gasteiger partial charge in [-0.05, 0) is 30.3 Å². The smallest absolute Gasteiger partial charge is 0.291 e. The average molecular weight is 399 g/mol. The molecule has 2 aromatic carbocycles. The molecule has 0 fully saturated rings. The molecule has 1 aliphatic rings. The highest BCUT2D eigenvalue weighted by Gasteiger charge is 2.39. The minimum atomic E-state index is -0.787. The van der Waals surface area contributed by atoms with Gasteiger partial charge in [0.25, 0.3) is 17.7 Å². The Labute approximate surface area is 163 Å². The Morgan fingerprint density at radius 3 is 2.61 bits per heavy atom. The Balaban J connectivity index is 1.63. The molecule has 0 unspecified atom stereocenters. The fourth-order valence-electron chi connectivity index (χ4n) is 3.00. The Morgan fingerprint density at radius 1 is 1.18 bits per heavy atom. The molecule has 3 aromatic rings. The van der Waals surface area contributed by atoms with Gasteiger partial charge in [-0.2, -0.15) is 0 Å². The maximum absolute atomic E-state index is 14.0. The van der Waals surface area contributed by atoms with Gasteiger partial charge >= 0.3 is 0 Å². The first-order valence-electron chi connectivity index (χ1n) is 8.14. The molecule has 0 aliphatic carbocycles. The molecule has 0 radical (unpaired) electrons. The van der Waals surface area contributed by atoms with E-state index in [2.05, 4.69) is 10.3 Å². The molecule has 0 saturated heterocycles. The first kappa shape index (κ1) is 17.9. The van der Waals surface area contributed by atoms with E-state index in [4.69, 9.17) is 11.6 Å². The fourth-order valence-corrected chi connectivity index (χ4v) is 3.27. The lowest BCUT2D eigenvalue weighted by Crippen LogP contribution is -2.29. The summed E-state index contributed by atoms with van der Waals surface area (Å²) in [5.74, 6) is -2.46. The van der Waals surface area contributed by atoms with Gasteiger partial charge in [-0.1, -0.05) is 17.7 Å². The molecule has 140 valence electrons. The summed E-state index contributed by atoms with van der Waals surface area (Å²) in [6, 6.07) is 8.16. The molecule has 0 bridgehead atoms. The van der Waals surface area contributed by atoms with E-state index in [-0.39, 0.29) is 27.7 Å². The number of hydrogen-bond donors (Lipinski definition) is 1. The van der Waals surface area contributed by atoms with E-state index < -0.39 is 23.5 Å². The van der Waals surface area contributed by atoms with Crippen molar-refractivity contribution < 1.29 is 18.8 Å². The lowest BCUT2D eigenvalue weighted by molar-refractivity contribution is 0.0923. The van der Waals surface area contributed by atoms with E-state index in [9.17, 15) is 18.8 Å². The first-order chi connectivity index (χ1) is 13.4. The zero-order valence-electron chi connectivity index (χ0n) is 14.4. The van der Waals surface area contributed by atoms with Gasteiger partial charge in [-0.3, -0.25) is 14.4 Å². The van der Waals surface area contributed by atoms with Crippen molar-refractivity contribution in [2.75, 3.05) is 10.2 Å². The summed E-state index contributed by atoms with van der Waals surface area (Å²) >= 11 is 6.25. The van der Waals surface area contributed by atoms with Gasteiger partial charge in [0.15, 0.2) is 5.82 Å². The maximum Gasteiger partial charge on any atom is 0.291 e. The lowest BCUT2D eigenvalue weighted by atomic mass is 10.1. The zero-order valence-corrected chi connectivity index (χ0v) is 15.2. The van der Waals surface area contributed by atoms with Crippen LogP contribution < -0.4 is 10.2 Å². The van der Waals surface area contributed by atoms with E-state index in [1.807, 2.05) is 0 Å². The summed E-state index contributed by atoms with van der Waals surface area (Å²) < 4.78 is 15.5.